The lowest BCUT2D eigenvalue weighted by Crippen LogP contribution is -2.36. The molecule has 0 N–H and O–H groups in total. The molecule has 1 nitrogen and oxygen atoms in total. The second kappa shape index (κ2) is 6.46. The molecule has 0 bridgehead atoms. The van der Waals surface area contributed by atoms with Gasteiger partial charge >= 0.3 is 0 Å². The standard InChI is InChI=1S/C10H20ClIO/c1-8(2)5-9(3)13-10(4,6-11)7-12/h8-9H,5-7H2,1-4H3. The zero-order chi connectivity index (χ0) is 10.5. The summed E-state index contributed by atoms with van der Waals surface area (Å²) in [7, 11) is 0. The summed E-state index contributed by atoms with van der Waals surface area (Å²) in [5, 5.41) is 0. The van der Waals surface area contributed by atoms with Gasteiger partial charge in [0.25, 0.3) is 0 Å². The van der Waals surface area contributed by atoms with E-state index in [9.17, 15) is 0 Å². The first kappa shape index (κ1) is 14.0. The minimum atomic E-state index is -0.156. The Labute approximate surface area is 101 Å². The predicted molar refractivity (Wildman–Crippen MR) is 68.0 cm³/mol. The van der Waals surface area contributed by atoms with E-state index in [2.05, 4.69) is 50.3 Å². The summed E-state index contributed by atoms with van der Waals surface area (Å²) in [5.41, 5.74) is -0.156. The van der Waals surface area contributed by atoms with Crippen molar-refractivity contribution in [3.05, 3.63) is 0 Å². The number of ether oxygens (including phenoxy) is 1. The van der Waals surface area contributed by atoms with Gasteiger partial charge in [-0.05, 0) is 26.2 Å². The fraction of sp³-hybridized carbons (Fsp3) is 1.00. The Morgan fingerprint density at radius 2 is 1.92 bits per heavy atom. The van der Waals surface area contributed by atoms with E-state index in [1.807, 2.05) is 0 Å². The highest BCUT2D eigenvalue weighted by Gasteiger charge is 2.25. The zero-order valence-electron chi connectivity index (χ0n) is 8.94. The average molecular weight is 319 g/mol. The summed E-state index contributed by atoms with van der Waals surface area (Å²) in [6.07, 6.45) is 1.40. The summed E-state index contributed by atoms with van der Waals surface area (Å²) in [4.78, 5) is 0. The van der Waals surface area contributed by atoms with Gasteiger partial charge in [-0.1, -0.05) is 36.4 Å². The van der Waals surface area contributed by atoms with Gasteiger partial charge in [-0.15, -0.1) is 11.6 Å². The molecule has 0 aliphatic rings. The van der Waals surface area contributed by atoms with Crippen LogP contribution in [0.5, 0.6) is 0 Å². The maximum Gasteiger partial charge on any atom is 0.0881 e. The van der Waals surface area contributed by atoms with Crippen LogP contribution in [0.4, 0.5) is 0 Å². The van der Waals surface area contributed by atoms with Crippen molar-refractivity contribution in [2.45, 2.75) is 45.8 Å². The van der Waals surface area contributed by atoms with E-state index in [4.69, 9.17) is 16.3 Å². The number of rotatable bonds is 6. The van der Waals surface area contributed by atoms with Crippen molar-refractivity contribution < 1.29 is 4.74 Å². The maximum atomic E-state index is 5.91. The monoisotopic (exact) mass is 318 g/mol. The van der Waals surface area contributed by atoms with Crippen LogP contribution in [0.15, 0.2) is 0 Å². The van der Waals surface area contributed by atoms with Crippen LogP contribution in [-0.2, 0) is 4.74 Å². The van der Waals surface area contributed by atoms with Crippen LogP contribution in [0.1, 0.15) is 34.1 Å². The second-order valence-electron chi connectivity index (χ2n) is 4.28. The minimum Gasteiger partial charge on any atom is -0.370 e. The quantitative estimate of drug-likeness (QED) is 0.533. The molecule has 0 rings (SSSR count). The largest absolute Gasteiger partial charge is 0.370 e. The van der Waals surface area contributed by atoms with E-state index >= 15 is 0 Å². The van der Waals surface area contributed by atoms with Crippen LogP contribution in [0.2, 0.25) is 0 Å². The Balaban J connectivity index is 3.94. The lowest BCUT2D eigenvalue weighted by Gasteiger charge is -2.30. The molecule has 0 aromatic rings. The number of halogens is 2. The topological polar surface area (TPSA) is 9.23 Å². The third-order valence-electron chi connectivity index (χ3n) is 1.85. The molecule has 2 unspecified atom stereocenters. The van der Waals surface area contributed by atoms with Gasteiger partial charge in [0.05, 0.1) is 17.6 Å². The van der Waals surface area contributed by atoms with Crippen LogP contribution < -0.4 is 0 Å². The Kier molecular flexibility index (Phi) is 6.95. The molecule has 2 atom stereocenters. The minimum absolute atomic E-state index is 0.156. The molecule has 3 heteroatoms. The first-order chi connectivity index (χ1) is 5.93. The Morgan fingerprint density at radius 1 is 1.38 bits per heavy atom. The Hall–Kier alpha value is 0.980. The second-order valence-corrected chi connectivity index (χ2v) is 5.31. The van der Waals surface area contributed by atoms with Crippen LogP contribution in [0, 0.1) is 5.92 Å². The highest BCUT2D eigenvalue weighted by atomic mass is 127. The summed E-state index contributed by atoms with van der Waals surface area (Å²) in [6, 6.07) is 0. The lowest BCUT2D eigenvalue weighted by atomic mass is 10.1. The molecular weight excluding hydrogens is 298 g/mol. The average Bonchev–Trinajstić information content (AvgIpc) is 2.02. The summed E-state index contributed by atoms with van der Waals surface area (Å²) in [5.74, 6) is 1.25. The molecule has 0 amide bonds. The molecule has 80 valence electrons. The van der Waals surface area contributed by atoms with Gasteiger partial charge in [0, 0.05) is 4.43 Å². The van der Waals surface area contributed by atoms with Gasteiger partial charge in [0.2, 0.25) is 0 Å². The summed E-state index contributed by atoms with van der Waals surface area (Å²) < 4.78 is 6.85. The van der Waals surface area contributed by atoms with Gasteiger partial charge < -0.3 is 4.74 Å². The van der Waals surface area contributed by atoms with Gasteiger partial charge in [0.15, 0.2) is 0 Å². The molecule has 0 spiro atoms. The van der Waals surface area contributed by atoms with Crippen molar-refractivity contribution in [3.63, 3.8) is 0 Å². The highest BCUT2D eigenvalue weighted by molar-refractivity contribution is 14.1. The van der Waals surface area contributed by atoms with Crippen molar-refractivity contribution >= 4 is 34.2 Å². The first-order valence-corrected chi connectivity index (χ1v) is 6.79. The SMILES string of the molecule is CC(C)CC(C)OC(C)(CCl)CI. The molecular formula is C10H20ClIO. The molecule has 0 saturated heterocycles. The zero-order valence-corrected chi connectivity index (χ0v) is 11.9. The first-order valence-electron chi connectivity index (χ1n) is 4.73. The van der Waals surface area contributed by atoms with Crippen LogP contribution in [-0.4, -0.2) is 22.0 Å². The molecule has 0 radical (unpaired) electrons. The van der Waals surface area contributed by atoms with Gasteiger partial charge in [-0.25, -0.2) is 0 Å². The molecule has 0 aliphatic heterocycles. The molecule has 13 heavy (non-hydrogen) atoms. The van der Waals surface area contributed by atoms with Crippen molar-refractivity contribution in [3.8, 4) is 0 Å². The third-order valence-corrected chi connectivity index (χ3v) is 4.03. The van der Waals surface area contributed by atoms with Crippen LogP contribution in [0.3, 0.4) is 0 Å². The van der Waals surface area contributed by atoms with Crippen LogP contribution in [0.25, 0.3) is 0 Å². The van der Waals surface area contributed by atoms with Crippen molar-refractivity contribution in [2.24, 2.45) is 5.92 Å². The number of hydrogen-bond donors (Lipinski definition) is 0. The Bertz CT molecular complexity index is 135. The molecule has 0 aromatic heterocycles. The highest BCUT2D eigenvalue weighted by Crippen LogP contribution is 2.21. The Morgan fingerprint density at radius 3 is 2.23 bits per heavy atom. The number of hydrogen-bond acceptors (Lipinski definition) is 1. The smallest absolute Gasteiger partial charge is 0.0881 e. The van der Waals surface area contributed by atoms with Gasteiger partial charge in [0.1, 0.15) is 0 Å². The summed E-state index contributed by atoms with van der Waals surface area (Å²) in [6.45, 7) is 8.62. The van der Waals surface area contributed by atoms with E-state index in [0.29, 0.717) is 17.9 Å². The third kappa shape index (κ3) is 6.13. The fourth-order valence-corrected chi connectivity index (χ4v) is 2.22. The van der Waals surface area contributed by atoms with E-state index in [1.165, 1.54) is 0 Å². The van der Waals surface area contributed by atoms with Crippen molar-refractivity contribution in [2.75, 3.05) is 10.3 Å². The molecule has 0 aliphatic carbocycles. The predicted octanol–water partition coefficient (Wildman–Crippen LogP) is 3.87. The summed E-state index contributed by atoms with van der Waals surface area (Å²) >= 11 is 8.18. The fourth-order valence-electron chi connectivity index (χ4n) is 1.30. The maximum absolute atomic E-state index is 5.91. The van der Waals surface area contributed by atoms with E-state index < -0.39 is 0 Å². The van der Waals surface area contributed by atoms with E-state index in [1.54, 1.807) is 0 Å². The van der Waals surface area contributed by atoms with Crippen LogP contribution >= 0.6 is 34.2 Å². The number of alkyl halides is 2. The van der Waals surface area contributed by atoms with E-state index in [-0.39, 0.29) is 5.60 Å². The van der Waals surface area contributed by atoms with Gasteiger partial charge in [-0.2, -0.15) is 0 Å². The van der Waals surface area contributed by atoms with Crippen molar-refractivity contribution in [1.82, 2.24) is 0 Å². The molecule has 0 saturated carbocycles. The van der Waals surface area contributed by atoms with Crippen molar-refractivity contribution in [1.29, 1.82) is 0 Å². The normalized spacial score (nSPS) is 18.7. The van der Waals surface area contributed by atoms with E-state index in [0.717, 1.165) is 10.8 Å². The van der Waals surface area contributed by atoms with Gasteiger partial charge in [-0.3, -0.25) is 0 Å². The molecule has 0 fully saturated rings. The lowest BCUT2D eigenvalue weighted by molar-refractivity contribution is -0.0513. The molecule has 0 aromatic carbocycles. The molecule has 0 heterocycles.